The van der Waals surface area contributed by atoms with Crippen molar-refractivity contribution in [3.05, 3.63) is 24.3 Å². The van der Waals surface area contributed by atoms with E-state index in [0.717, 1.165) is 0 Å². The van der Waals surface area contributed by atoms with Crippen molar-refractivity contribution in [1.29, 1.82) is 0 Å². The molecule has 2 rings (SSSR count). The number of sulfone groups is 1. The highest BCUT2D eigenvalue weighted by molar-refractivity contribution is 7.91. The van der Waals surface area contributed by atoms with Crippen molar-refractivity contribution in [2.45, 2.75) is 9.79 Å². The lowest BCUT2D eigenvalue weighted by Gasteiger charge is -2.26. The van der Waals surface area contributed by atoms with Gasteiger partial charge in [0.15, 0.2) is 9.84 Å². The Kier molecular flexibility index (Phi) is 4.99. The number of ether oxygens (including phenoxy) is 1. The molecule has 1 aliphatic heterocycles. The van der Waals surface area contributed by atoms with Crippen molar-refractivity contribution in [2.75, 3.05) is 38.7 Å². The highest BCUT2D eigenvalue weighted by Crippen LogP contribution is 2.20. The zero-order valence-electron chi connectivity index (χ0n) is 11.3. The molecule has 0 bridgehead atoms. The van der Waals surface area contributed by atoms with Crippen molar-refractivity contribution < 1.29 is 26.7 Å². The van der Waals surface area contributed by atoms with Crippen molar-refractivity contribution in [3.63, 3.8) is 0 Å². The van der Waals surface area contributed by atoms with Crippen LogP contribution in [0.1, 0.15) is 0 Å². The number of morpholine rings is 1. The number of sulfonamides is 1. The van der Waals surface area contributed by atoms with E-state index in [0.29, 0.717) is 13.2 Å². The summed E-state index contributed by atoms with van der Waals surface area (Å²) in [6.45, 7) is 0.792. The summed E-state index contributed by atoms with van der Waals surface area (Å²) in [6, 6.07) is 5.04. The Morgan fingerprint density at radius 2 is 1.52 bits per heavy atom. The molecule has 1 heterocycles. The number of aliphatic hydroxyl groups is 1. The molecule has 0 atom stereocenters. The van der Waals surface area contributed by atoms with Gasteiger partial charge in [0.25, 0.3) is 0 Å². The second-order valence-electron chi connectivity index (χ2n) is 4.53. The van der Waals surface area contributed by atoms with Crippen LogP contribution in [-0.4, -0.2) is 64.9 Å². The lowest BCUT2D eigenvalue weighted by molar-refractivity contribution is 0.0730. The topological polar surface area (TPSA) is 101 Å². The minimum atomic E-state index is -3.63. The molecular formula is C12H17NO6S2. The largest absolute Gasteiger partial charge is 0.395 e. The maximum Gasteiger partial charge on any atom is 0.243 e. The van der Waals surface area contributed by atoms with Crippen LogP contribution in [0.5, 0.6) is 0 Å². The molecule has 1 N–H and O–H groups in total. The summed E-state index contributed by atoms with van der Waals surface area (Å²) in [7, 11) is -7.20. The fourth-order valence-electron chi connectivity index (χ4n) is 1.99. The van der Waals surface area contributed by atoms with Crippen LogP contribution < -0.4 is 0 Å². The molecule has 1 aromatic carbocycles. The second kappa shape index (κ2) is 6.41. The Bertz CT molecular complexity index is 675. The second-order valence-corrected chi connectivity index (χ2v) is 8.58. The SMILES string of the molecule is O=S(=O)(CCO)c1ccc(S(=O)(=O)N2CCOCC2)cc1. The van der Waals surface area contributed by atoms with Crippen LogP contribution in [-0.2, 0) is 24.6 Å². The molecule has 7 nitrogen and oxygen atoms in total. The van der Waals surface area contributed by atoms with Crippen molar-refractivity contribution in [2.24, 2.45) is 0 Å². The number of benzene rings is 1. The van der Waals surface area contributed by atoms with Gasteiger partial charge in [0.1, 0.15) is 0 Å². The molecule has 118 valence electrons. The normalized spacial score (nSPS) is 17.8. The van der Waals surface area contributed by atoms with Gasteiger partial charge < -0.3 is 9.84 Å². The monoisotopic (exact) mass is 335 g/mol. The van der Waals surface area contributed by atoms with Gasteiger partial charge in [0.2, 0.25) is 10.0 Å². The summed E-state index contributed by atoms with van der Waals surface area (Å²) in [5.41, 5.74) is 0. The van der Waals surface area contributed by atoms with Gasteiger partial charge in [0.05, 0.1) is 35.4 Å². The highest BCUT2D eigenvalue weighted by Gasteiger charge is 2.26. The van der Waals surface area contributed by atoms with Gasteiger partial charge in [-0.1, -0.05) is 0 Å². The molecule has 0 unspecified atom stereocenters. The first-order chi connectivity index (χ1) is 9.88. The summed E-state index contributed by atoms with van der Waals surface area (Å²) >= 11 is 0. The summed E-state index contributed by atoms with van der Waals surface area (Å²) in [5, 5.41) is 8.72. The molecule has 9 heteroatoms. The fourth-order valence-corrected chi connectivity index (χ4v) is 4.43. The third kappa shape index (κ3) is 3.61. The van der Waals surface area contributed by atoms with E-state index in [2.05, 4.69) is 0 Å². The minimum Gasteiger partial charge on any atom is -0.395 e. The first kappa shape index (κ1) is 16.4. The summed E-state index contributed by atoms with van der Waals surface area (Å²) in [5.74, 6) is -0.386. The highest BCUT2D eigenvalue weighted by atomic mass is 32.2. The molecule has 0 amide bonds. The molecule has 0 aliphatic carbocycles. The van der Waals surface area contributed by atoms with E-state index in [1.54, 1.807) is 0 Å². The zero-order valence-corrected chi connectivity index (χ0v) is 12.9. The van der Waals surface area contributed by atoms with Crippen LogP contribution in [0.2, 0.25) is 0 Å². The first-order valence-electron chi connectivity index (χ1n) is 6.39. The molecule has 0 radical (unpaired) electrons. The number of hydrogen-bond donors (Lipinski definition) is 1. The third-order valence-electron chi connectivity index (χ3n) is 3.15. The smallest absolute Gasteiger partial charge is 0.243 e. The van der Waals surface area contributed by atoms with E-state index in [-0.39, 0.29) is 28.6 Å². The van der Waals surface area contributed by atoms with Gasteiger partial charge in [-0.2, -0.15) is 4.31 Å². The molecule has 0 aromatic heterocycles. The quantitative estimate of drug-likeness (QED) is 0.776. The van der Waals surface area contributed by atoms with E-state index in [1.807, 2.05) is 0 Å². The van der Waals surface area contributed by atoms with Crippen LogP contribution >= 0.6 is 0 Å². The van der Waals surface area contributed by atoms with Crippen LogP contribution in [0.3, 0.4) is 0 Å². The van der Waals surface area contributed by atoms with Gasteiger partial charge >= 0.3 is 0 Å². The maximum atomic E-state index is 12.4. The average molecular weight is 335 g/mol. The molecular weight excluding hydrogens is 318 g/mol. The van der Waals surface area contributed by atoms with Gasteiger partial charge in [0, 0.05) is 13.1 Å². The first-order valence-corrected chi connectivity index (χ1v) is 9.49. The molecule has 1 fully saturated rings. The Balaban J connectivity index is 2.26. The summed E-state index contributed by atoms with van der Waals surface area (Å²) < 4.78 is 54.7. The van der Waals surface area contributed by atoms with Gasteiger partial charge in [-0.3, -0.25) is 0 Å². The zero-order chi connectivity index (χ0) is 15.5. The summed E-state index contributed by atoms with van der Waals surface area (Å²) in [4.78, 5) is 0.0461. The van der Waals surface area contributed by atoms with E-state index in [1.165, 1.54) is 28.6 Å². The van der Waals surface area contributed by atoms with Crippen LogP contribution in [0.25, 0.3) is 0 Å². The van der Waals surface area contributed by atoms with Crippen molar-refractivity contribution in [3.8, 4) is 0 Å². The Hall–Kier alpha value is -1.00. The molecule has 21 heavy (non-hydrogen) atoms. The lowest BCUT2D eigenvalue weighted by Crippen LogP contribution is -2.40. The van der Waals surface area contributed by atoms with Crippen LogP contribution in [0.4, 0.5) is 0 Å². The van der Waals surface area contributed by atoms with E-state index < -0.39 is 26.5 Å². The average Bonchev–Trinajstić information content (AvgIpc) is 2.48. The standard InChI is InChI=1S/C12H17NO6S2/c14-7-10-20(15,16)11-1-3-12(4-2-11)21(17,18)13-5-8-19-9-6-13/h1-4,14H,5-10H2. The van der Waals surface area contributed by atoms with Gasteiger partial charge in [-0.15, -0.1) is 0 Å². The molecule has 0 saturated carbocycles. The van der Waals surface area contributed by atoms with Crippen LogP contribution in [0.15, 0.2) is 34.1 Å². The molecule has 1 aromatic rings. The lowest BCUT2D eigenvalue weighted by atomic mass is 10.4. The van der Waals surface area contributed by atoms with Gasteiger partial charge in [-0.05, 0) is 24.3 Å². The fraction of sp³-hybridized carbons (Fsp3) is 0.500. The van der Waals surface area contributed by atoms with Gasteiger partial charge in [-0.25, -0.2) is 16.8 Å². The Labute approximate surface area is 124 Å². The number of aliphatic hydroxyl groups excluding tert-OH is 1. The predicted molar refractivity (Wildman–Crippen MR) is 75.2 cm³/mol. The van der Waals surface area contributed by atoms with Crippen molar-refractivity contribution >= 4 is 19.9 Å². The molecule has 1 saturated heterocycles. The van der Waals surface area contributed by atoms with E-state index in [4.69, 9.17) is 9.84 Å². The number of rotatable bonds is 5. The van der Waals surface area contributed by atoms with E-state index in [9.17, 15) is 16.8 Å². The minimum absolute atomic E-state index is 0.00234. The number of nitrogens with zero attached hydrogens (tertiary/aromatic N) is 1. The Morgan fingerprint density at radius 3 is 2.05 bits per heavy atom. The Morgan fingerprint density at radius 1 is 1.00 bits per heavy atom. The van der Waals surface area contributed by atoms with Crippen molar-refractivity contribution in [1.82, 2.24) is 4.31 Å². The van der Waals surface area contributed by atoms with E-state index >= 15 is 0 Å². The third-order valence-corrected chi connectivity index (χ3v) is 6.77. The number of hydrogen-bond acceptors (Lipinski definition) is 6. The maximum absolute atomic E-state index is 12.4. The molecule has 1 aliphatic rings. The summed E-state index contributed by atoms with van der Waals surface area (Å²) in [6.07, 6.45) is 0. The molecule has 0 spiro atoms. The predicted octanol–water partition coefficient (Wildman–Crippen LogP) is -0.526. The van der Waals surface area contributed by atoms with Crippen LogP contribution in [0, 0.1) is 0 Å².